The molecule has 6 heavy (non-hydrogen) atoms. The van der Waals surface area contributed by atoms with Gasteiger partial charge >= 0.3 is 0 Å². The Bertz CT molecular complexity index is 99.4. The van der Waals surface area contributed by atoms with E-state index in [4.69, 9.17) is 0 Å². The van der Waals surface area contributed by atoms with Crippen LogP contribution < -0.4 is 0 Å². The van der Waals surface area contributed by atoms with Gasteiger partial charge in [0.15, 0.2) is 0 Å². The highest BCUT2D eigenvalue weighted by Gasteiger charge is 1.88. The lowest BCUT2D eigenvalue weighted by Gasteiger charge is -1.68. The zero-order valence-corrected chi connectivity index (χ0v) is 3.60. The predicted molar refractivity (Wildman–Crippen MR) is 25.4 cm³/mol. The van der Waals surface area contributed by atoms with E-state index in [1.54, 1.807) is 0 Å². The second-order valence-corrected chi connectivity index (χ2v) is 1.15. The lowest BCUT2D eigenvalue weighted by Crippen LogP contribution is -1.82. The number of nitrogens with zero attached hydrogens (tertiary/aromatic N) is 2. The van der Waals surface area contributed by atoms with Crippen molar-refractivity contribution in [3.8, 4) is 0 Å². The van der Waals surface area contributed by atoms with Gasteiger partial charge in [-0.25, -0.2) is 0 Å². The summed E-state index contributed by atoms with van der Waals surface area (Å²) >= 11 is 0. The molecule has 0 aromatic rings. The third kappa shape index (κ3) is 0.455. The van der Waals surface area contributed by atoms with Crippen molar-refractivity contribution < 1.29 is 0 Å². The molecule has 0 saturated carbocycles. The van der Waals surface area contributed by atoms with Gasteiger partial charge in [-0.2, -0.15) is 0 Å². The van der Waals surface area contributed by atoms with E-state index in [2.05, 4.69) is 16.2 Å². The first kappa shape index (κ1) is 3.53. The minimum atomic E-state index is 0.589. The summed E-state index contributed by atoms with van der Waals surface area (Å²) in [7, 11) is 0. The highest BCUT2D eigenvalue weighted by Crippen LogP contribution is 1.83. The first-order valence-electron chi connectivity index (χ1n) is 1.83. The summed E-state index contributed by atoms with van der Waals surface area (Å²) < 4.78 is 0. The highest BCUT2D eigenvalue weighted by molar-refractivity contribution is 6.30. The van der Waals surface area contributed by atoms with Gasteiger partial charge < -0.3 is 0 Å². The Morgan fingerprint density at radius 2 is 2.67 bits per heavy atom. The van der Waals surface area contributed by atoms with Gasteiger partial charge in [-0.3, -0.25) is 9.98 Å². The molecule has 0 unspecified atom stereocenters. The van der Waals surface area contributed by atoms with Crippen molar-refractivity contribution in [1.82, 2.24) is 0 Å². The maximum Gasteiger partial charge on any atom is 0.130 e. The first-order chi connectivity index (χ1) is 2.89. The van der Waals surface area contributed by atoms with Crippen molar-refractivity contribution in [1.29, 1.82) is 0 Å². The Hall–Kier alpha value is -0.660. The van der Waals surface area contributed by atoms with Crippen LogP contribution in [-0.4, -0.2) is 18.6 Å². The van der Waals surface area contributed by atoms with Crippen LogP contribution in [0.1, 0.15) is 6.92 Å². The molecule has 1 aliphatic heterocycles. The van der Waals surface area contributed by atoms with Crippen LogP contribution in [0.3, 0.4) is 0 Å². The molecule has 0 spiro atoms. The Kier molecular flexibility index (Phi) is 0.708. The average molecular weight is 81.1 g/mol. The van der Waals surface area contributed by atoms with Crippen LogP contribution in [0.25, 0.3) is 0 Å². The molecule has 0 bridgehead atoms. The van der Waals surface area contributed by atoms with E-state index in [-0.39, 0.29) is 0 Å². The standard InChI is InChI=1S/C4H5N2/c1-4-2-5-3-6-4/h3H2,1H3. The zero-order valence-electron chi connectivity index (χ0n) is 3.60. The summed E-state index contributed by atoms with van der Waals surface area (Å²) in [6.07, 6.45) is 2.69. The van der Waals surface area contributed by atoms with Crippen molar-refractivity contribution in [2.75, 3.05) is 6.67 Å². The first-order valence-corrected chi connectivity index (χ1v) is 1.83. The van der Waals surface area contributed by atoms with Gasteiger partial charge in [-0.05, 0) is 6.92 Å². The molecule has 0 N–H and O–H groups in total. The molecule has 0 amide bonds. The van der Waals surface area contributed by atoms with Gasteiger partial charge in [0.1, 0.15) is 12.9 Å². The number of aliphatic imine (C=N–C) groups is 2. The van der Waals surface area contributed by atoms with Crippen LogP contribution in [0.5, 0.6) is 0 Å². The molecule has 0 fully saturated rings. The van der Waals surface area contributed by atoms with E-state index < -0.39 is 0 Å². The maximum absolute atomic E-state index is 3.88. The minimum Gasteiger partial charge on any atom is -0.264 e. The number of hydrogen-bond donors (Lipinski definition) is 0. The molecule has 2 nitrogen and oxygen atoms in total. The second-order valence-electron chi connectivity index (χ2n) is 1.15. The zero-order chi connectivity index (χ0) is 4.41. The lowest BCUT2D eigenvalue weighted by atomic mass is 10.5. The van der Waals surface area contributed by atoms with E-state index in [1.807, 2.05) is 6.92 Å². The highest BCUT2D eigenvalue weighted by atomic mass is 15.0. The molecular weight excluding hydrogens is 76.1 g/mol. The lowest BCUT2D eigenvalue weighted by molar-refractivity contribution is 1.10. The van der Waals surface area contributed by atoms with Gasteiger partial charge in [0, 0.05) is 0 Å². The summed E-state index contributed by atoms with van der Waals surface area (Å²) in [6.45, 7) is 2.47. The van der Waals surface area contributed by atoms with Crippen molar-refractivity contribution in [2.24, 2.45) is 9.98 Å². The molecular formula is C4H5N2. The normalized spacial score (nSPS) is 18.5. The Labute approximate surface area is 36.6 Å². The topological polar surface area (TPSA) is 24.7 Å². The monoisotopic (exact) mass is 81.0 g/mol. The fourth-order valence-corrected chi connectivity index (χ4v) is 0.327. The third-order valence-electron chi connectivity index (χ3n) is 0.619. The molecule has 2 heteroatoms. The van der Waals surface area contributed by atoms with Crippen molar-refractivity contribution in [2.45, 2.75) is 6.92 Å². The molecule has 1 radical (unpaired) electrons. The molecule has 0 aromatic heterocycles. The Morgan fingerprint density at radius 3 is 2.83 bits per heavy atom. The van der Waals surface area contributed by atoms with E-state index in [0.29, 0.717) is 6.67 Å². The van der Waals surface area contributed by atoms with Gasteiger partial charge in [-0.15, -0.1) is 0 Å². The van der Waals surface area contributed by atoms with Gasteiger partial charge in [-0.1, -0.05) is 0 Å². The number of hydrogen-bond acceptors (Lipinski definition) is 2. The molecule has 1 aliphatic rings. The van der Waals surface area contributed by atoms with Gasteiger partial charge in [0.2, 0.25) is 0 Å². The van der Waals surface area contributed by atoms with Crippen molar-refractivity contribution in [3.05, 3.63) is 0 Å². The maximum atomic E-state index is 3.88. The smallest absolute Gasteiger partial charge is 0.130 e. The predicted octanol–water partition coefficient (Wildman–Crippen LogP) is 0.366. The molecule has 0 aliphatic carbocycles. The van der Waals surface area contributed by atoms with Crippen LogP contribution in [-0.2, 0) is 0 Å². The van der Waals surface area contributed by atoms with E-state index in [0.717, 1.165) is 5.71 Å². The molecule has 1 rings (SSSR count). The molecule has 0 atom stereocenters. The Morgan fingerprint density at radius 1 is 1.83 bits per heavy atom. The fraction of sp³-hybridized carbons (Fsp3) is 0.500. The summed E-state index contributed by atoms with van der Waals surface area (Å²) in [6, 6.07) is 0. The van der Waals surface area contributed by atoms with Crippen LogP contribution >= 0.6 is 0 Å². The van der Waals surface area contributed by atoms with Crippen LogP contribution in [0, 0.1) is 0 Å². The van der Waals surface area contributed by atoms with Crippen LogP contribution in [0.2, 0.25) is 0 Å². The molecule has 1 heterocycles. The summed E-state index contributed by atoms with van der Waals surface area (Å²) in [5.41, 5.74) is 0.912. The van der Waals surface area contributed by atoms with Gasteiger partial charge in [0.25, 0.3) is 0 Å². The number of rotatable bonds is 0. The Balaban J connectivity index is 2.68. The largest absolute Gasteiger partial charge is 0.264 e. The average Bonchev–Trinajstić information content (AvgIpc) is 1.86. The molecule has 0 aromatic carbocycles. The third-order valence-corrected chi connectivity index (χ3v) is 0.619. The molecule has 0 saturated heterocycles. The summed E-state index contributed by atoms with van der Waals surface area (Å²) in [4.78, 5) is 7.59. The van der Waals surface area contributed by atoms with Crippen LogP contribution in [0.4, 0.5) is 0 Å². The quantitative estimate of drug-likeness (QED) is 0.402. The minimum absolute atomic E-state index is 0.589. The summed E-state index contributed by atoms with van der Waals surface area (Å²) in [5, 5.41) is 0. The van der Waals surface area contributed by atoms with Crippen LogP contribution in [0.15, 0.2) is 9.98 Å². The van der Waals surface area contributed by atoms with E-state index in [9.17, 15) is 0 Å². The van der Waals surface area contributed by atoms with Crippen molar-refractivity contribution >= 4 is 11.9 Å². The summed E-state index contributed by atoms with van der Waals surface area (Å²) in [5.74, 6) is 0. The van der Waals surface area contributed by atoms with E-state index in [1.165, 1.54) is 0 Å². The second kappa shape index (κ2) is 1.20. The molecule has 31 valence electrons. The van der Waals surface area contributed by atoms with Gasteiger partial charge in [0.05, 0.1) is 5.71 Å². The fourth-order valence-electron chi connectivity index (χ4n) is 0.327. The SMILES string of the molecule is CC1=NCN=[C]1. The van der Waals surface area contributed by atoms with E-state index >= 15 is 0 Å². The van der Waals surface area contributed by atoms with Crippen molar-refractivity contribution in [3.63, 3.8) is 0 Å².